The summed E-state index contributed by atoms with van der Waals surface area (Å²) < 4.78 is 9.88. The van der Waals surface area contributed by atoms with Crippen molar-refractivity contribution in [3.63, 3.8) is 0 Å². The van der Waals surface area contributed by atoms with Gasteiger partial charge in [-0.2, -0.15) is 0 Å². The summed E-state index contributed by atoms with van der Waals surface area (Å²) in [7, 11) is 2.75. The molecule has 0 unspecified atom stereocenters. The minimum Gasteiger partial charge on any atom is -0.495 e. The van der Waals surface area contributed by atoms with Gasteiger partial charge in [0.2, 0.25) is 5.43 Å². The van der Waals surface area contributed by atoms with Crippen LogP contribution in [0.25, 0.3) is 10.9 Å². The second-order valence-electron chi connectivity index (χ2n) is 5.63. The molecule has 24 heavy (non-hydrogen) atoms. The number of aromatic amines is 1. The third-order valence-corrected chi connectivity index (χ3v) is 3.75. The van der Waals surface area contributed by atoms with Crippen LogP contribution in [0.15, 0.2) is 29.2 Å². The summed E-state index contributed by atoms with van der Waals surface area (Å²) in [6, 6.07) is 4.16. The highest BCUT2D eigenvalue weighted by molar-refractivity contribution is 5.99. The minimum absolute atomic E-state index is 0.0784. The molecule has 0 aliphatic heterocycles. The average Bonchev–Trinajstić information content (AvgIpc) is 2.58. The first-order valence-corrected chi connectivity index (χ1v) is 7.47. The van der Waals surface area contributed by atoms with Gasteiger partial charge < -0.3 is 19.8 Å². The number of nitrogens with one attached hydrogen (secondary N) is 2. The fourth-order valence-corrected chi connectivity index (χ4v) is 2.41. The number of ether oxygens (including phenoxy) is 2. The summed E-state index contributed by atoms with van der Waals surface area (Å²) in [6.45, 7) is 3.55. The number of pyridine rings is 1. The fourth-order valence-electron chi connectivity index (χ4n) is 2.41. The molecule has 1 atom stereocenters. The zero-order chi connectivity index (χ0) is 17.9. The van der Waals surface area contributed by atoms with Crippen LogP contribution in [0.5, 0.6) is 5.75 Å². The Morgan fingerprint density at radius 3 is 2.50 bits per heavy atom. The van der Waals surface area contributed by atoms with Crippen LogP contribution in [0.4, 0.5) is 0 Å². The average molecular weight is 332 g/mol. The van der Waals surface area contributed by atoms with Gasteiger partial charge in [0, 0.05) is 6.20 Å². The number of hydrogen-bond donors (Lipinski definition) is 2. The quantitative estimate of drug-likeness (QED) is 0.808. The molecule has 0 radical (unpaired) electrons. The summed E-state index contributed by atoms with van der Waals surface area (Å²) in [6.07, 6.45) is 1.32. The van der Waals surface area contributed by atoms with Gasteiger partial charge in [-0.1, -0.05) is 19.9 Å². The van der Waals surface area contributed by atoms with E-state index in [4.69, 9.17) is 4.74 Å². The van der Waals surface area contributed by atoms with Gasteiger partial charge in [-0.15, -0.1) is 0 Å². The topological polar surface area (TPSA) is 97.5 Å². The molecule has 7 heteroatoms. The third-order valence-electron chi connectivity index (χ3n) is 3.75. The molecule has 1 aromatic heterocycles. The molecule has 0 aliphatic rings. The number of rotatable bonds is 5. The van der Waals surface area contributed by atoms with Crippen molar-refractivity contribution >= 4 is 22.8 Å². The lowest BCUT2D eigenvalue weighted by atomic mass is 10.0. The molecule has 128 valence electrons. The molecular formula is C17H20N2O5. The third kappa shape index (κ3) is 3.24. The molecule has 1 amide bonds. The number of hydrogen-bond acceptors (Lipinski definition) is 5. The summed E-state index contributed by atoms with van der Waals surface area (Å²) >= 11 is 0. The van der Waals surface area contributed by atoms with E-state index >= 15 is 0 Å². The molecule has 1 aromatic carbocycles. The number of methoxy groups -OCH3 is 2. The Kier molecular flexibility index (Phi) is 5.23. The number of carbonyl (C=O) groups is 2. The first kappa shape index (κ1) is 17.5. The number of fused-ring (bicyclic) bond motifs is 1. The van der Waals surface area contributed by atoms with Crippen molar-refractivity contribution in [2.45, 2.75) is 19.9 Å². The lowest BCUT2D eigenvalue weighted by molar-refractivity contribution is -0.144. The number of H-pyrrole nitrogens is 1. The van der Waals surface area contributed by atoms with E-state index in [1.54, 1.807) is 32.0 Å². The number of esters is 1. The van der Waals surface area contributed by atoms with Crippen molar-refractivity contribution in [2.24, 2.45) is 5.92 Å². The Morgan fingerprint density at radius 1 is 1.21 bits per heavy atom. The van der Waals surface area contributed by atoms with Crippen molar-refractivity contribution in [1.82, 2.24) is 10.3 Å². The largest absolute Gasteiger partial charge is 0.495 e. The van der Waals surface area contributed by atoms with E-state index in [2.05, 4.69) is 15.0 Å². The molecule has 0 aliphatic carbocycles. The zero-order valence-electron chi connectivity index (χ0n) is 14.0. The van der Waals surface area contributed by atoms with Gasteiger partial charge in [-0.3, -0.25) is 9.59 Å². The highest BCUT2D eigenvalue weighted by atomic mass is 16.5. The Labute approximate surface area is 139 Å². The minimum atomic E-state index is -0.831. The van der Waals surface area contributed by atoms with Crippen molar-refractivity contribution in [3.05, 3.63) is 40.2 Å². The van der Waals surface area contributed by atoms with E-state index in [-0.39, 0.29) is 11.5 Å². The molecular weight excluding hydrogens is 312 g/mol. The molecule has 2 N–H and O–H groups in total. The summed E-state index contributed by atoms with van der Waals surface area (Å²) in [4.78, 5) is 39.7. The first-order chi connectivity index (χ1) is 11.4. The van der Waals surface area contributed by atoms with Crippen molar-refractivity contribution < 1.29 is 19.1 Å². The number of aromatic nitrogens is 1. The van der Waals surface area contributed by atoms with Gasteiger partial charge in [0.1, 0.15) is 17.4 Å². The van der Waals surface area contributed by atoms with Gasteiger partial charge in [0.15, 0.2) is 0 Å². The van der Waals surface area contributed by atoms with Crippen LogP contribution in [0.2, 0.25) is 0 Å². The normalized spacial score (nSPS) is 12.0. The fraction of sp³-hybridized carbons (Fsp3) is 0.353. The highest BCUT2D eigenvalue weighted by Crippen LogP contribution is 2.20. The van der Waals surface area contributed by atoms with E-state index in [9.17, 15) is 14.4 Å². The Bertz CT molecular complexity index is 825. The Balaban J connectivity index is 2.42. The molecule has 0 bridgehead atoms. The van der Waals surface area contributed by atoms with E-state index in [0.29, 0.717) is 16.7 Å². The molecule has 0 saturated heterocycles. The van der Waals surface area contributed by atoms with Gasteiger partial charge in [-0.25, -0.2) is 4.79 Å². The summed E-state index contributed by atoms with van der Waals surface area (Å²) in [5.74, 6) is -0.866. The smallest absolute Gasteiger partial charge is 0.328 e. The SMILES string of the molecule is COC(=O)[C@H](NC(=O)c1c[nH]c2c(OC)cccc2c1=O)C(C)C. The predicted octanol–water partition coefficient (Wildman–Crippen LogP) is 1.46. The van der Waals surface area contributed by atoms with Crippen LogP contribution in [0.1, 0.15) is 24.2 Å². The van der Waals surface area contributed by atoms with Crippen LogP contribution < -0.4 is 15.5 Å². The van der Waals surface area contributed by atoms with Gasteiger partial charge >= 0.3 is 5.97 Å². The van der Waals surface area contributed by atoms with Gasteiger partial charge in [0.25, 0.3) is 5.91 Å². The van der Waals surface area contributed by atoms with E-state index in [1.807, 2.05) is 0 Å². The predicted molar refractivity (Wildman–Crippen MR) is 89.2 cm³/mol. The van der Waals surface area contributed by atoms with Gasteiger partial charge in [-0.05, 0) is 18.1 Å². The maximum atomic E-state index is 12.6. The Hall–Kier alpha value is -2.83. The van der Waals surface area contributed by atoms with E-state index in [1.165, 1.54) is 20.4 Å². The van der Waals surface area contributed by atoms with Crippen molar-refractivity contribution in [3.8, 4) is 5.75 Å². The molecule has 1 heterocycles. The molecule has 0 saturated carbocycles. The first-order valence-electron chi connectivity index (χ1n) is 7.47. The monoisotopic (exact) mass is 332 g/mol. The lowest BCUT2D eigenvalue weighted by Gasteiger charge is -2.19. The molecule has 2 aromatic rings. The maximum absolute atomic E-state index is 12.6. The molecule has 2 rings (SSSR count). The van der Waals surface area contributed by atoms with Gasteiger partial charge in [0.05, 0.1) is 25.1 Å². The molecule has 7 nitrogen and oxygen atoms in total. The summed E-state index contributed by atoms with van der Waals surface area (Å²) in [5.41, 5.74) is -0.00671. The van der Waals surface area contributed by atoms with Crippen molar-refractivity contribution in [2.75, 3.05) is 14.2 Å². The molecule has 0 spiro atoms. The number of benzene rings is 1. The van der Waals surface area contributed by atoms with Crippen molar-refractivity contribution in [1.29, 1.82) is 0 Å². The Morgan fingerprint density at radius 2 is 1.92 bits per heavy atom. The highest BCUT2D eigenvalue weighted by Gasteiger charge is 2.26. The number of carbonyl (C=O) groups excluding carboxylic acids is 2. The second-order valence-corrected chi connectivity index (χ2v) is 5.63. The van der Waals surface area contributed by atoms with Crippen LogP contribution in [-0.2, 0) is 9.53 Å². The number of para-hydroxylation sites is 1. The maximum Gasteiger partial charge on any atom is 0.328 e. The molecule has 0 fully saturated rings. The lowest BCUT2D eigenvalue weighted by Crippen LogP contribution is -2.46. The second kappa shape index (κ2) is 7.16. The summed E-state index contributed by atoms with van der Waals surface area (Å²) in [5, 5.41) is 2.89. The number of amides is 1. The van der Waals surface area contributed by atoms with Crippen LogP contribution in [0.3, 0.4) is 0 Å². The zero-order valence-corrected chi connectivity index (χ0v) is 14.0. The van der Waals surface area contributed by atoms with Crippen LogP contribution >= 0.6 is 0 Å². The van der Waals surface area contributed by atoms with Crippen LogP contribution in [-0.4, -0.2) is 37.1 Å². The van der Waals surface area contributed by atoms with E-state index < -0.39 is 23.3 Å². The standard InChI is InChI=1S/C17H20N2O5/c1-9(2)13(17(22)24-4)19-16(21)11-8-18-14-10(15(11)20)6-5-7-12(14)23-3/h5-9,13H,1-4H3,(H,18,20)(H,19,21)/t13-/m1/s1. The van der Waals surface area contributed by atoms with E-state index in [0.717, 1.165) is 0 Å². The van der Waals surface area contributed by atoms with Crippen LogP contribution in [0, 0.1) is 5.92 Å².